The number of rotatable bonds is 7. The molecule has 0 aromatic heterocycles. The molecule has 0 heterocycles. The topological polar surface area (TPSA) is 128 Å². The van der Waals surface area contributed by atoms with Gasteiger partial charge in [-0.25, -0.2) is 4.79 Å². The molecule has 0 bridgehead atoms. The van der Waals surface area contributed by atoms with E-state index in [-0.39, 0.29) is 12.3 Å². The number of aldehydes is 1. The molecular formula is C17H23N3O6. The van der Waals surface area contributed by atoms with Crippen molar-refractivity contribution in [2.75, 3.05) is 0 Å². The number of non-ortho nitro benzene ring substituents is 1. The van der Waals surface area contributed by atoms with Gasteiger partial charge in [0.15, 0.2) is 0 Å². The highest BCUT2D eigenvalue weighted by molar-refractivity contribution is 5.87. The number of hydrogen-bond donors (Lipinski definition) is 2. The molecule has 9 heteroatoms. The summed E-state index contributed by atoms with van der Waals surface area (Å²) in [7, 11) is 0. The first-order valence-corrected chi connectivity index (χ1v) is 7.97. The lowest BCUT2D eigenvalue weighted by Crippen LogP contribution is -2.52. The Kier molecular flexibility index (Phi) is 7.24. The van der Waals surface area contributed by atoms with Crippen LogP contribution in [0.5, 0.6) is 0 Å². The van der Waals surface area contributed by atoms with Crippen molar-refractivity contribution < 1.29 is 24.0 Å². The van der Waals surface area contributed by atoms with Crippen molar-refractivity contribution in [2.45, 2.75) is 46.4 Å². The molecule has 0 aliphatic carbocycles. The minimum absolute atomic E-state index is 0.0629. The monoisotopic (exact) mass is 365 g/mol. The van der Waals surface area contributed by atoms with E-state index in [1.807, 2.05) is 20.8 Å². The number of carbonyl (C=O) groups excluding carboxylic acids is 3. The molecule has 0 saturated carbocycles. The van der Waals surface area contributed by atoms with Gasteiger partial charge in [-0.3, -0.25) is 14.9 Å². The molecule has 0 aliphatic rings. The second kappa shape index (κ2) is 8.93. The highest BCUT2D eigenvalue weighted by Crippen LogP contribution is 2.17. The van der Waals surface area contributed by atoms with E-state index in [0.29, 0.717) is 11.8 Å². The van der Waals surface area contributed by atoms with Crippen LogP contribution in [0, 0.1) is 15.5 Å². The van der Waals surface area contributed by atoms with Crippen molar-refractivity contribution >= 4 is 24.0 Å². The van der Waals surface area contributed by atoms with E-state index >= 15 is 0 Å². The number of carbonyl (C=O) groups is 3. The Balaban J connectivity index is 2.49. The Morgan fingerprint density at radius 2 is 1.81 bits per heavy atom. The normalized spacial score (nSPS) is 13.2. The zero-order valence-electron chi connectivity index (χ0n) is 15.1. The number of nitrogens with one attached hydrogen (secondary N) is 2. The fraction of sp³-hybridized carbons (Fsp3) is 0.471. The molecule has 2 amide bonds. The number of benzene rings is 1. The van der Waals surface area contributed by atoms with Crippen LogP contribution >= 0.6 is 0 Å². The first-order valence-electron chi connectivity index (χ1n) is 7.97. The summed E-state index contributed by atoms with van der Waals surface area (Å²) in [5, 5.41) is 15.5. The number of amides is 2. The maximum atomic E-state index is 12.1. The molecule has 2 atom stereocenters. The van der Waals surface area contributed by atoms with Crippen molar-refractivity contribution in [3.8, 4) is 0 Å². The van der Waals surface area contributed by atoms with Crippen LogP contribution in [0.2, 0.25) is 0 Å². The number of ether oxygens (including phenoxy) is 1. The molecule has 9 nitrogen and oxygen atoms in total. The molecular weight excluding hydrogens is 342 g/mol. The standard InChI is InChI=1S/C17H23N3O6/c1-11(15(22)19-14(9-21)17(2,3)4)18-16(23)26-10-12-5-7-13(8-6-12)20(24)25/h5-9,11,14H,10H2,1-4H3,(H,18,23)(H,19,22)/t11-,14+/m0/s1. The SMILES string of the molecule is C[C@H](NC(=O)OCc1ccc([N+](=O)[O-])cc1)C(=O)N[C@H](C=O)C(C)(C)C. The third kappa shape index (κ3) is 6.50. The number of nitro benzene ring substituents is 1. The number of alkyl carbamates (subject to hydrolysis) is 1. The molecule has 142 valence electrons. The molecule has 0 radical (unpaired) electrons. The Morgan fingerprint density at radius 1 is 1.23 bits per heavy atom. The van der Waals surface area contributed by atoms with E-state index in [2.05, 4.69) is 10.6 Å². The van der Waals surface area contributed by atoms with Gasteiger partial charge in [-0.2, -0.15) is 0 Å². The predicted molar refractivity (Wildman–Crippen MR) is 93.3 cm³/mol. The third-order valence-corrected chi connectivity index (χ3v) is 3.61. The van der Waals surface area contributed by atoms with Crippen LogP contribution in [-0.4, -0.2) is 35.3 Å². The van der Waals surface area contributed by atoms with E-state index in [4.69, 9.17) is 4.74 Å². The number of nitrogens with zero attached hydrogens (tertiary/aromatic N) is 1. The summed E-state index contributed by atoms with van der Waals surface area (Å²) in [6.45, 7) is 6.79. The van der Waals surface area contributed by atoms with Gasteiger partial charge in [0.2, 0.25) is 5.91 Å². The summed E-state index contributed by atoms with van der Waals surface area (Å²) in [6, 6.07) is 3.97. The average molecular weight is 365 g/mol. The van der Waals surface area contributed by atoms with E-state index in [1.54, 1.807) is 0 Å². The van der Waals surface area contributed by atoms with Gasteiger partial charge in [-0.1, -0.05) is 20.8 Å². The zero-order chi connectivity index (χ0) is 19.9. The van der Waals surface area contributed by atoms with Gasteiger partial charge < -0.3 is 20.2 Å². The summed E-state index contributed by atoms with van der Waals surface area (Å²) in [5.74, 6) is -0.510. The largest absolute Gasteiger partial charge is 0.445 e. The van der Waals surface area contributed by atoms with Crippen molar-refractivity contribution in [3.05, 3.63) is 39.9 Å². The van der Waals surface area contributed by atoms with Gasteiger partial charge in [0, 0.05) is 12.1 Å². The van der Waals surface area contributed by atoms with Crippen molar-refractivity contribution in [2.24, 2.45) is 5.41 Å². The van der Waals surface area contributed by atoms with Crippen molar-refractivity contribution in [1.82, 2.24) is 10.6 Å². The molecule has 1 aromatic rings. The van der Waals surface area contributed by atoms with Crippen LogP contribution in [-0.2, 0) is 20.9 Å². The maximum absolute atomic E-state index is 12.1. The molecule has 0 unspecified atom stereocenters. The minimum Gasteiger partial charge on any atom is -0.445 e. The zero-order valence-corrected chi connectivity index (χ0v) is 15.1. The molecule has 26 heavy (non-hydrogen) atoms. The highest BCUT2D eigenvalue weighted by Gasteiger charge is 2.28. The van der Waals surface area contributed by atoms with Crippen molar-refractivity contribution in [1.29, 1.82) is 0 Å². The van der Waals surface area contributed by atoms with Gasteiger partial charge in [0.25, 0.3) is 5.69 Å². The van der Waals surface area contributed by atoms with Crippen LogP contribution in [0.15, 0.2) is 24.3 Å². The summed E-state index contributed by atoms with van der Waals surface area (Å²) >= 11 is 0. The van der Waals surface area contributed by atoms with Crippen molar-refractivity contribution in [3.63, 3.8) is 0 Å². The van der Waals surface area contributed by atoms with E-state index in [0.717, 1.165) is 0 Å². The number of nitro groups is 1. The van der Waals surface area contributed by atoms with Gasteiger partial charge in [0.1, 0.15) is 18.9 Å². The molecule has 0 saturated heterocycles. The van der Waals surface area contributed by atoms with Crippen LogP contribution in [0.3, 0.4) is 0 Å². The first kappa shape index (κ1) is 21.1. The molecule has 0 aliphatic heterocycles. The second-order valence-electron chi connectivity index (χ2n) is 6.85. The molecule has 2 N–H and O–H groups in total. The van der Waals surface area contributed by atoms with Gasteiger partial charge >= 0.3 is 6.09 Å². The first-order chi connectivity index (χ1) is 12.0. The minimum atomic E-state index is -0.899. The van der Waals surface area contributed by atoms with Crippen LogP contribution in [0.1, 0.15) is 33.3 Å². The maximum Gasteiger partial charge on any atom is 0.408 e. The fourth-order valence-corrected chi connectivity index (χ4v) is 1.88. The molecule has 0 fully saturated rings. The molecule has 1 aromatic carbocycles. The second-order valence-corrected chi connectivity index (χ2v) is 6.85. The lowest BCUT2D eigenvalue weighted by atomic mass is 9.87. The Hall–Kier alpha value is -2.97. The van der Waals surface area contributed by atoms with E-state index < -0.39 is 34.4 Å². The quantitative estimate of drug-likeness (QED) is 0.432. The molecule has 0 spiro atoms. The van der Waals surface area contributed by atoms with Gasteiger partial charge in [-0.05, 0) is 30.0 Å². The summed E-state index contributed by atoms with van der Waals surface area (Å²) in [6.07, 6.45) is -0.165. The van der Waals surface area contributed by atoms with E-state index in [1.165, 1.54) is 31.2 Å². The summed E-state index contributed by atoms with van der Waals surface area (Å²) in [4.78, 5) is 45.0. The van der Waals surface area contributed by atoms with Gasteiger partial charge in [-0.15, -0.1) is 0 Å². The Morgan fingerprint density at radius 3 is 2.27 bits per heavy atom. The fourth-order valence-electron chi connectivity index (χ4n) is 1.88. The Labute approximate surface area is 151 Å². The third-order valence-electron chi connectivity index (χ3n) is 3.61. The van der Waals surface area contributed by atoms with Gasteiger partial charge in [0.05, 0.1) is 11.0 Å². The van der Waals surface area contributed by atoms with Crippen LogP contribution < -0.4 is 10.6 Å². The van der Waals surface area contributed by atoms with Crippen LogP contribution in [0.4, 0.5) is 10.5 Å². The Bertz CT molecular complexity index is 666. The molecule has 1 rings (SSSR count). The van der Waals surface area contributed by atoms with E-state index in [9.17, 15) is 24.5 Å². The highest BCUT2D eigenvalue weighted by atomic mass is 16.6. The smallest absolute Gasteiger partial charge is 0.408 e. The van der Waals surface area contributed by atoms with Crippen LogP contribution in [0.25, 0.3) is 0 Å². The average Bonchev–Trinajstić information content (AvgIpc) is 2.56. The predicted octanol–water partition coefficient (Wildman–Crippen LogP) is 1.94. The lowest BCUT2D eigenvalue weighted by molar-refractivity contribution is -0.384. The summed E-state index contributed by atoms with van der Waals surface area (Å²) < 4.78 is 4.98. The number of hydrogen-bond acceptors (Lipinski definition) is 6. The lowest BCUT2D eigenvalue weighted by Gasteiger charge is -2.27. The summed E-state index contributed by atoms with van der Waals surface area (Å²) in [5.41, 5.74) is 0.0526.